The second kappa shape index (κ2) is 8.90. The van der Waals surface area contributed by atoms with Crippen LogP contribution in [0.3, 0.4) is 0 Å². The maximum absolute atomic E-state index is 10.3. The molecular formula is C22H30ClNO2. The molecule has 2 atom stereocenters. The van der Waals surface area contributed by atoms with Gasteiger partial charge in [0.1, 0.15) is 18.5 Å². The first kappa shape index (κ1) is 20.8. The highest BCUT2D eigenvalue weighted by Gasteiger charge is 2.20. The first-order valence-electron chi connectivity index (χ1n) is 9.07. The van der Waals surface area contributed by atoms with E-state index in [-0.39, 0.29) is 18.1 Å². The van der Waals surface area contributed by atoms with Crippen molar-refractivity contribution in [3.05, 3.63) is 64.2 Å². The Bertz CT molecular complexity index is 724. The van der Waals surface area contributed by atoms with Crippen LogP contribution in [-0.4, -0.2) is 24.4 Å². The van der Waals surface area contributed by atoms with Gasteiger partial charge in [-0.25, -0.2) is 0 Å². The predicted molar refractivity (Wildman–Crippen MR) is 109 cm³/mol. The van der Waals surface area contributed by atoms with Crippen molar-refractivity contribution in [1.82, 2.24) is 5.32 Å². The van der Waals surface area contributed by atoms with E-state index >= 15 is 0 Å². The third-order valence-corrected chi connectivity index (χ3v) is 4.62. The summed E-state index contributed by atoms with van der Waals surface area (Å²) in [5.74, 6) is 0.838. The number of benzene rings is 2. The molecule has 0 saturated heterocycles. The van der Waals surface area contributed by atoms with Crippen molar-refractivity contribution >= 4 is 11.6 Å². The van der Waals surface area contributed by atoms with Gasteiger partial charge in [-0.3, -0.25) is 0 Å². The average molecular weight is 376 g/mol. The van der Waals surface area contributed by atoms with Crippen LogP contribution in [0.2, 0.25) is 5.02 Å². The summed E-state index contributed by atoms with van der Waals surface area (Å²) in [7, 11) is 0. The van der Waals surface area contributed by atoms with E-state index in [1.165, 1.54) is 5.56 Å². The number of rotatable bonds is 7. The number of aliphatic hydroxyl groups is 1. The van der Waals surface area contributed by atoms with E-state index in [2.05, 4.69) is 46.0 Å². The zero-order chi connectivity index (χ0) is 19.3. The minimum atomic E-state index is -0.592. The minimum absolute atomic E-state index is 0.00829. The molecule has 0 heterocycles. The summed E-state index contributed by atoms with van der Waals surface area (Å²) < 4.78 is 5.93. The van der Waals surface area contributed by atoms with Crippen molar-refractivity contribution in [3.8, 4) is 5.75 Å². The van der Waals surface area contributed by atoms with Gasteiger partial charge < -0.3 is 15.2 Å². The van der Waals surface area contributed by atoms with Crippen LogP contribution in [0, 0.1) is 6.92 Å². The Morgan fingerprint density at radius 1 is 1.15 bits per heavy atom. The number of aryl methyl sites for hydroxylation is 1. The summed E-state index contributed by atoms with van der Waals surface area (Å²) in [5.41, 5.74) is 3.45. The average Bonchev–Trinajstić information content (AvgIpc) is 2.57. The van der Waals surface area contributed by atoms with Gasteiger partial charge >= 0.3 is 0 Å². The molecule has 2 N–H and O–H groups in total. The van der Waals surface area contributed by atoms with Gasteiger partial charge in [0.15, 0.2) is 0 Å². The largest absolute Gasteiger partial charge is 0.491 e. The Labute approximate surface area is 162 Å². The van der Waals surface area contributed by atoms with Crippen molar-refractivity contribution < 1.29 is 9.84 Å². The van der Waals surface area contributed by atoms with Crippen molar-refractivity contribution in [3.63, 3.8) is 0 Å². The Kier molecular flexibility index (Phi) is 7.10. The fourth-order valence-corrected chi connectivity index (χ4v) is 3.01. The summed E-state index contributed by atoms with van der Waals surface area (Å²) in [6.45, 7) is 11.3. The van der Waals surface area contributed by atoms with Gasteiger partial charge in [0.05, 0.1) is 0 Å². The summed E-state index contributed by atoms with van der Waals surface area (Å²) in [6, 6.07) is 14.0. The highest BCUT2D eigenvalue weighted by Crippen LogP contribution is 2.32. The number of aliphatic hydroxyl groups excluding tert-OH is 1. The standard InChI is InChI=1S/C22H30ClNO2/c1-15-9-10-21(20(11-15)22(3,4)5)26-14-19(25)13-24-16(2)17-7-6-8-18(23)12-17/h6-12,16,19,24-25H,13-14H2,1-5H3. The smallest absolute Gasteiger partial charge is 0.123 e. The molecule has 142 valence electrons. The van der Waals surface area contributed by atoms with Crippen LogP contribution in [0.5, 0.6) is 5.75 Å². The van der Waals surface area contributed by atoms with Gasteiger partial charge in [0, 0.05) is 17.6 Å². The van der Waals surface area contributed by atoms with Crippen LogP contribution >= 0.6 is 11.6 Å². The zero-order valence-electron chi connectivity index (χ0n) is 16.3. The van der Waals surface area contributed by atoms with Crippen LogP contribution in [-0.2, 0) is 5.41 Å². The molecule has 3 nitrogen and oxygen atoms in total. The molecule has 2 unspecified atom stereocenters. The molecule has 2 aromatic rings. The minimum Gasteiger partial charge on any atom is -0.491 e. The van der Waals surface area contributed by atoms with E-state index in [1.54, 1.807) is 0 Å². The number of halogens is 1. The summed E-state index contributed by atoms with van der Waals surface area (Å²) >= 11 is 6.03. The van der Waals surface area contributed by atoms with Crippen LogP contribution < -0.4 is 10.1 Å². The van der Waals surface area contributed by atoms with Crippen molar-refractivity contribution in [1.29, 1.82) is 0 Å². The molecule has 0 bridgehead atoms. The van der Waals surface area contributed by atoms with Crippen molar-refractivity contribution in [2.75, 3.05) is 13.2 Å². The quantitative estimate of drug-likeness (QED) is 0.712. The normalized spacial score (nSPS) is 14.1. The molecule has 0 saturated carbocycles. The lowest BCUT2D eigenvalue weighted by Gasteiger charge is -2.24. The molecule has 0 spiro atoms. The second-order valence-corrected chi connectivity index (χ2v) is 8.34. The SMILES string of the molecule is Cc1ccc(OCC(O)CNC(C)c2cccc(Cl)c2)c(C(C)(C)C)c1. The van der Waals surface area contributed by atoms with Gasteiger partial charge in [-0.1, -0.05) is 62.2 Å². The molecule has 4 heteroatoms. The lowest BCUT2D eigenvalue weighted by Crippen LogP contribution is -2.33. The summed E-state index contributed by atoms with van der Waals surface area (Å²) in [4.78, 5) is 0. The molecule has 0 aliphatic heterocycles. The van der Waals surface area contributed by atoms with E-state index in [0.29, 0.717) is 11.6 Å². The summed E-state index contributed by atoms with van der Waals surface area (Å²) in [5, 5.41) is 14.3. The van der Waals surface area contributed by atoms with Crippen LogP contribution in [0.4, 0.5) is 0 Å². The lowest BCUT2D eigenvalue weighted by atomic mass is 9.85. The van der Waals surface area contributed by atoms with E-state index in [9.17, 15) is 5.11 Å². The van der Waals surface area contributed by atoms with Gasteiger partial charge in [-0.05, 0) is 48.6 Å². The molecule has 26 heavy (non-hydrogen) atoms. The maximum Gasteiger partial charge on any atom is 0.123 e. The fraction of sp³-hybridized carbons (Fsp3) is 0.455. The molecule has 0 fully saturated rings. The highest BCUT2D eigenvalue weighted by molar-refractivity contribution is 6.30. The Hall–Kier alpha value is -1.55. The van der Waals surface area contributed by atoms with Crippen LogP contribution in [0.1, 0.15) is 50.4 Å². The third-order valence-electron chi connectivity index (χ3n) is 4.38. The van der Waals surface area contributed by atoms with Crippen LogP contribution in [0.25, 0.3) is 0 Å². The number of hydrogen-bond donors (Lipinski definition) is 2. The van der Waals surface area contributed by atoms with Crippen molar-refractivity contribution in [2.45, 2.75) is 52.2 Å². The number of hydrogen-bond acceptors (Lipinski definition) is 3. The van der Waals surface area contributed by atoms with Crippen molar-refractivity contribution in [2.24, 2.45) is 0 Å². The van der Waals surface area contributed by atoms with Gasteiger partial charge in [-0.2, -0.15) is 0 Å². The van der Waals surface area contributed by atoms with E-state index in [4.69, 9.17) is 16.3 Å². The Morgan fingerprint density at radius 3 is 2.54 bits per heavy atom. The Morgan fingerprint density at radius 2 is 1.88 bits per heavy atom. The first-order chi connectivity index (χ1) is 12.2. The molecular weight excluding hydrogens is 346 g/mol. The first-order valence-corrected chi connectivity index (χ1v) is 9.45. The zero-order valence-corrected chi connectivity index (χ0v) is 17.1. The predicted octanol–water partition coefficient (Wildman–Crippen LogP) is 5.04. The van der Waals surface area contributed by atoms with Gasteiger partial charge in [0.2, 0.25) is 0 Å². The molecule has 0 aliphatic carbocycles. The van der Waals surface area contributed by atoms with Gasteiger partial charge in [0.25, 0.3) is 0 Å². The number of nitrogens with one attached hydrogen (secondary N) is 1. The highest BCUT2D eigenvalue weighted by atomic mass is 35.5. The molecule has 2 aromatic carbocycles. The maximum atomic E-state index is 10.3. The molecule has 0 aliphatic rings. The molecule has 0 amide bonds. The van der Waals surface area contributed by atoms with E-state index < -0.39 is 6.10 Å². The van der Waals surface area contributed by atoms with E-state index in [1.807, 2.05) is 36.4 Å². The third kappa shape index (κ3) is 6.01. The molecule has 0 aromatic heterocycles. The Balaban J connectivity index is 1.90. The topological polar surface area (TPSA) is 41.5 Å². The second-order valence-electron chi connectivity index (χ2n) is 7.90. The van der Waals surface area contributed by atoms with Crippen LogP contribution in [0.15, 0.2) is 42.5 Å². The molecule has 2 rings (SSSR count). The monoisotopic (exact) mass is 375 g/mol. The fourth-order valence-electron chi connectivity index (χ4n) is 2.81. The lowest BCUT2D eigenvalue weighted by molar-refractivity contribution is 0.103. The number of ether oxygens (including phenoxy) is 1. The van der Waals surface area contributed by atoms with Gasteiger partial charge in [-0.15, -0.1) is 0 Å². The summed E-state index contributed by atoms with van der Waals surface area (Å²) in [6.07, 6.45) is -0.592. The molecule has 0 radical (unpaired) electrons. The van der Waals surface area contributed by atoms with E-state index in [0.717, 1.165) is 16.9 Å².